The van der Waals surface area contributed by atoms with Crippen molar-refractivity contribution in [1.29, 1.82) is 0 Å². The fourth-order valence-electron chi connectivity index (χ4n) is 5.08. The van der Waals surface area contributed by atoms with E-state index in [1.165, 1.54) is 0 Å². The molecule has 4 aromatic rings. The highest BCUT2D eigenvalue weighted by atomic mass is 16.5. The zero-order valence-corrected chi connectivity index (χ0v) is 23.1. The topological polar surface area (TPSA) is 59.0 Å². The van der Waals surface area contributed by atoms with Gasteiger partial charge in [0.05, 0.1) is 65.2 Å². The molecule has 0 N–H and O–H groups in total. The molecule has 1 aliphatic rings. The van der Waals surface area contributed by atoms with Gasteiger partial charge in [-0.3, -0.25) is 0 Å². The Morgan fingerprint density at radius 2 is 1.08 bits per heavy atom. The third kappa shape index (κ3) is 6.14. The predicted molar refractivity (Wildman–Crippen MR) is 153 cm³/mol. The Balaban J connectivity index is 1.77. The van der Waals surface area contributed by atoms with Gasteiger partial charge in [-0.1, -0.05) is 42.5 Å². The molecule has 0 atom stereocenters. The number of fused-ring (bicyclic) bond motifs is 8. The summed E-state index contributed by atoms with van der Waals surface area (Å²) in [7, 11) is 3.40. The van der Waals surface area contributed by atoms with Crippen molar-refractivity contribution in [3.8, 4) is 45.1 Å². The number of hydrogen-bond donors (Lipinski definition) is 0. The van der Waals surface area contributed by atoms with Gasteiger partial charge in [0.2, 0.25) is 0 Å². The summed E-state index contributed by atoms with van der Waals surface area (Å²) in [5.41, 5.74) is 9.80. The van der Waals surface area contributed by atoms with Crippen LogP contribution < -0.4 is 9.47 Å². The summed E-state index contributed by atoms with van der Waals surface area (Å²) in [6.07, 6.45) is 0. The van der Waals surface area contributed by atoms with Gasteiger partial charge >= 0.3 is 0 Å². The van der Waals surface area contributed by atoms with E-state index in [1.54, 1.807) is 14.2 Å². The monoisotopic (exact) mass is 525 g/mol. The smallest absolute Gasteiger partial charge is 0.133 e. The molecule has 0 amide bonds. The number of aryl methyl sites for hydroxylation is 2. The van der Waals surface area contributed by atoms with Crippen molar-refractivity contribution in [3.05, 3.63) is 89.0 Å². The van der Waals surface area contributed by atoms with Crippen molar-refractivity contribution in [1.82, 2.24) is 4.98 Å². The van der Waals surface area contributed by atoms with E-state index in [0.717, 1.165) is 67.4 Å². The molecule has 0 radical (unpaired) electrons. The standard InChI is InChI=1S/C33H35NO5/c1-22-14-26-20-38-12-10-37-11-13-39-21-27-15-23(2)17-29(33(27)36-4)31-19-25(24-8-6-5-7-9-24)18-30(34-31)28(16-22)32(26)35-3/h5-9,14-19H,10-13,20-21H2,1-4H3. The van der Waals surface area contributed by atoms with E-state index >= 15 is 0 Å². The summed E-state index contributed by atoms with van der Waals surface area (Å²) >= 11 is 0. The largest absolute Gasteiger partial charge is 0.496 e. The number of rotatable bonds is 3. The van der Waals surface area contributed by atoms with E-state index in [1.807, 2.05) is 18.2 Å². The number of aromatic nitrogens is 1. The molecule has 6 heteroatoms. The Kier molecular flexibility index (Phi) is 8.57. The molecule has 0 aliphatic carbocycles. The SMILES string of the molecule is COc1c2cc(C)cc1-c1cc(-c3ccccc3)cc(n1)-c1cc(C)cc(c1OC)COCCOCCOC2. The van der Waals surface area contributed by atoms with Crippen molar-refractivity contribution in [2.75, 3.05) is 40.6 Å². The van der Waals surface area contributed by atoms with Crippen molar-refractivity contribution in [2.24, 2.45) is 0 Å². The number of benzene rings is 3. The first kappa shape index (κ1) is 26.9. The van der Waals surface area contributed by atoms with Crippen LogP contribution in [0.25, 0.3) is 33.6 Å². The van der Waals surface area contributed by atoms with Gasteiger partial charge in [-0.2, -0.15) is 0 Å². The Bertz CT molecular complexity index is 1350. The van der Waals surface area contributed by atoms with Crippen LogP contribution in [0.15, 0.2) is 66.7 Å². The van der Waals surface area contributed by atoms with Crippen LogP contribution in [0.3, 0.4) is 0 Å². The molecule has 1 aliphatic heterocycles. The van der Waals surface area contributed by atoms with Gasteiger partial charge in [-0.15, -0.1) is 0 Å². The van der Waals surface area contributed by atoms with E-state index in [2.05, 4.69) is 62.4 Å². The molecule has 6 bridgehead atoms. The van der Waals surface area contributed by atoms with E-state index in [9.17, 15) is 0 Å². The van der Waals surface area contributed by atoms with Gasteiger partial charge < -0.3 is 23.7 Å². The highest BCUT2D eigenvalue weighted by molar-refractivity contribution is 5.81. The van der Waals surface area contributed by atoms with Gasteiger partial charge in [0.1, 0.15) is 11.5 Å². The van der Waals surface area contributed by atoms with Crippen molar-refractivity contribution < 1.29 is 23.7 Å². The maximum atomic E-state index is 5.97. The molecular weight excluding hydrogens is 490 g/mol. The molecule has 2 heterocycles. The number of pyridine rings is 1. The maximum absolute atomic E-state index is 5.97. The third-order valence-electron chi connectivity index (χ3n) is 6.77. The van der Waals surface area contributed by atoms with E-state index in [-0.39, 0.29) is 0 Å². The normalized spacial score (nSPS) is 14.3. The average Bonchev–Trinajstić information content (AvgIpc) is 2.95. The second kappa shape index (κ2) is 12.4. The fourth-order valence-corrected chi connectivity index (χ4v) is 5.08. The lowest BCUT2D eigenvalue weighted by Crippen LogP contribution is -2.10. The summed E-state index contributed by atoms with van der Waals surface area (Å²) in [6.45, 7) is 6.94. The van der Waals surface area contributed by atoms with E-state index in [4.69, 9.17) is 28.7 Å². The van der Waals surface area contributed by atoms with Crippen LogP contribution in [0, 0.1) is 13.8 Å². The molecule has 39 heavy (non-hydrogen) atoms. The lowest BCUT2D eigenvalue weighted by Gasteiger charge is -2.19. The zero-order chi connectivity index (χ0) is 27.2. The van der Waals surface area contributed by atoms with Gasteiger partial charge in [-0.05, 0) is 60.4 Å². The summed E-state index contributed by atoms with van der Waals surface area (Å²) in [6, 6.07) is 23.1. The van der Waals surface area contributed by atoms with Gasteiger partial charge in [0.25, 0.3) is 0 Å². The lowest BCUT2D eigenvalue weighted by molar-refractivity contribution is 0.00653. The number of ether oxygens (including phenoxy) is 5. The molecule has 0 unspecified atom stereocenters. The van der Waals surface area contributed by atoms with Crippen LogP contribution in [0.2, 0.25) is 0 Å². The highest BCUT2D eigenvalue weighted by Crippen LogP contribution is 2.40. The number of nitrogens with zero attached hydrogens (tertiary/aromatic N) is 1. The zero-order valence-electron chi connectivity index (χ0n) is 23.1. The Morgan fingerprint density at radius 1 is 0.590 bits per heavy atom. The Hall–Kier alpha value is -3.71. The summed E-state index contributed by atoms with van der Waals surface area (Å²) < 4.78 is 29.6. The third-order valence-corrected chi connectivity index (χ3v) is 6.77. The first-order valence-electron chi connectivity index (χ1n) is 13.2. The molecule has 6 nitrogen and oxygen atoms in total. The Morgan fingerprint density at radius 3 is 1.56 bits per heavy atom. The van der Waals surface area contributed by atoms with Crippen LogP contribution in [-0.2, 0) is 27.4 Å². The predicted octanol–water partition coefficient (Wildman–Crippen LogP) is 6.78. The molecule has 0 spiro atoms. The Labute approximate surface area is 230 Å². The van der Waals surface area contributed by atoms with Crippen LogP contribution in [0.4, 0.5) is 0 Å². The second-order valence-electron chi connectivity index (χ2n) is 9.72. The van der Waals surface area contributed by atoms with Gasteiger partial charge in [0, 0.05) is 22.3 Å². The first-order valence-corrected chi connectivity index (χ1v) is 13.2. The quantitative estimate of drug-likeness (QED) is 0.294. The molecule has 0 fully saturated rings. The molecule has 0 saturated carbocycles. The van der Waals surface area contributed by atoms with Crippen molar-refractivity contribution in [3.63, 3.8) is 0 Å². The van der Waals surface area contributed by atoms with Crippen molar-refractivity contribution in [2.45, 2.75) is 27.1 Å². The first-order chi connectivity index (χ1) is 19.1. The minimum Gasteiger partial charge on any atom is -0.496 e. The maximum Gasteiger partial charge on any atom is 0.133 e. The molecule has 0 saturated heterocycles. The minimum atomic E-state index is 0.415. The van der Waals surface area contributed by atoms with E-state index < -0.39 is 0 Å². The number of methoxy groups -OCH3 is 2. The average molecular weight is 526 g/mol. The highest BCUT2D eigenvalue weighted by Gasteiger charge is 2.19. The van der Waals surface area contributed by atoms with Crippen molar-refractivity contribution >= 4 is 0 Å². The molecule has 202 valence electrons. The number of hydrogen-bond acceptors (Lipinski definition) is 6. The summed E-state index contributed by atoms with van der Waals surface area (Å²) in [5, 5.41) is 0. The summed E-state index contributed by atoms with van der Waals surface area (Å²) in [5.74, 6) is 1.52. The fraction of sp³-hybridized carbons (Fsp3) is 0.303. The molecule has 5 rings (SSSR count). The van der Waals surface area contributed by atoms with Crippen LogP contribution in [-0.4, -0.2) is 45.6 Å². The molecule has 3 aromatic carbocycles. The summed E-state index contributed by atoms with van der Waals surface area (Å²) in [4.78, 5) is 5.21. The second-order valence-corrected chi connectivity index (χ2v) is 9.72. The van der Waals surface area contributed by atoms with Gasteiger partial charge in [0.15, 0.2) is 0 Å². The van der Waals surface area contributed by atoms with E-state index in [0.29, 0.717) is 39.6 Å². The molecule has 1 aromatic heterocycles. The minimum absolute atomic E-state index is 0.415. The van der Waals surface area contributed by atoms with Crippen LogP contribution >= 0.6 is 0 Å². The lowest BCUT2D eigenvalue weighted by atomic mass is 9.96. The van der Waals surface area contributed by atoms with Gasteiger partial charge in [-0.25, -0.2) is 4.98 Å². The van der Waals surface area contributed by atoms with Crippen LogP contribution in [0.1, 0.15) is 22.3 Å². The molecular formula is C33H35NO5. The van der Waals surface area contributed by atoms with Crippen LogP contribution in [0.5, 0.6) is 11.5 Å².